The first-order valence-corrected chi connectivity index (χ1v) is 11.9. The summed E-state index contributed by atoms with van der Waals surface area (Å²) in [5.74, 6) is -1.03. The highest BCUT2D eigenvalue weighted by atomic mass is 35.5. The van der Waals surface area contributed by atoms with Crippen LogP contribution < -0.4 is 10.3 Å². The maximum atomic E-state index is 15.0. The number of benzene rings is 2. The van der Waals surface area contributed by atoms with Gasteiger partial charge < -0.3 is 19.6 Å². The number of halogens is 2. The molecule has 2 aromatic carbocycles. The molecule has 2 aromatic heterocycles. The lowest BCUT2D eigenvalue weighted by Crippen LogP contribution is -2.18. The van der Waals surface area contributed by atoms with Crippen LogP contribution in [0.4, 0.5) is 9.18 Å². The first-order valence-electron chi connectivity index (χ1n) is 10.7. The minimum atomic E-state index is -1.38. The van der Waals surface area contributed by atoms with Crippen molar-refractivity contribution in [1.29, 1.82) is 0 Å². The zero-order valence-corrected chi connectivity index (χ0v) is 20.5. The van der Waals surface area contributed by atoms with E-state index in [1.165, 1.54) is 16.7 Å². The van der Waals surface area contributed by atoms with Crippen molar-refractivity contribution in [3.63, 3.8) is 0 Å². The van der Waals surface area contributed by atoms with Gasteiger partial charge in [0, 0.05) is 53.7 Å². The summed E-state index contributed by atoms with van der Waals surface area (Å²) in [7, 11) is 1.59. The molecule has 1 atom stereocenters. The minimum absolute atomic E-state index is 0.141. The Balaban J connectivity index is 1.70. The summed E-state index contributed by atoms with van der Waals surface area (Å²) in [5.41, 5.74) is 3.31. The summed E-state index contributed by atoms with van der Waals surface area (Å²) >= 11 is 7.13. The zero-order chi connectivity index (χ0) is 25.8. The van der Waals surface area contributed by atoms with E-state index in [9.17, 15) is 14.8 Å². The van der Waals surface area contributed by atoms with Crippen molar-refractivity contribution >= 4 is 34.8 Å². The predicted octanol–water partition coefficient (Wildman–Crippen LogP) is 6.36. The van der Waals surface area contributed by atoms with E-state index in [2.05, 4.69) is 5.16 Å². The zero-order valence-electron chi connectivity index (χ0n) is 18.9. The molecule has 4 aromatic rings. The van der Waals surface area contributed by atoms with Gasteiger partial charge in [0.15, 0.2) is 5.06 Å². The lowest BCUT2D eigenvalue weighted by atomic mass is 9.85. The molecule has 7 nitrogen and oxygen atoms in total. The number of oxime groups is 1. The summed E-state index contributed by atoms with van der Waals surface area (Å²) in [6.07, 6.45) is 0.316. The number of carboxylic acid groups (broad SMARTS) is 1. The van der Waals surface area contributed by atoms with Crippen LogP contribution in [0, 0.1) is 5.82 Å². The second-order valence-electron chi connectivity index (χ2n) is 7.98. The van der Waals surface area contributed by atoms with E-state index in [-0.39, 0.29) is 27.8 Å². The van der Waals surface area contributed by atoms with Crippen molar-refractivity contribution < 1.29 is 24.2 Å². The molecular formula is C26H20ClFN2O5S. The van der Waals surface area contributed by atoms with Gasteiger partial charge >= 0.3 is 6.16 Å². The Hall–Kier alpha value is -3.95. The normalized spacial score (nSPS) is 12.4. The van der Waals surface area contributed by atoms with Gasteiger partial charge in [0.1, 0.15) is 5.82 Å². The van der Waals surface area contributed by atoms with E-state index < -0.39 is 17.9 Å². The van der Waals surface area contributed by atoms with E-state index >= 15 is 4.39 Å². The van der Waals surface area contributed by atoms with Crippen molar-refractivity contribution in [2.75, 3.05) is 0 Å². The maximum absolute atomic E-state index is 15.0. The van der Waals surface area contributed by atoms with Crippen molar-refractivity contribution in [2.45, 2.75) is 12.3 Å². The minimum Gasteiger partial charge on any atom is -0.449 e. The summed E-state index contributed by atoms with van der Waals surface area (Å²) < 4.78 is 21.1. The molecular weight excluding hydrogens is 507 g/mol. The molecule has 184 valence electrons. The van der Waals surface area contributed by atoms with Gasteiger partial charge in [0.2, 0.25) is 5.56 Å². The van der Waals surface area contributed by atoms with Crippen molar-refractivity contribution in [1.82, 2.24) is 4.57 Å². The molecule has 0 saturated heterocycles. The van der Waals surface area contributed by atoms with E-state index in [0.29, 0.717) is 11.1 Å². The van der Waals surface area contributed by atoms with E-state index in [0.717, 1.165) is 28.0 Å². The first-order chi connectivity index (χ1) is 17.2. The molecule has 0 amide bonds. The fourth-order valence-electron chi connectivity index (χ4n) is 3.88. The van der Waals surface area contributed by atoms with E-state index in [4.69, 9.17) is 21.4 Å². The first kappa shape index (κ1) is 25.2. The highest BCUT2D eigenvalue weighted by Crippen LogP contribution is 2.35. The molecule has 2 N–H and O–H groups in total. The predicted molar refractivity (Wildman–Crippen MR) is 136 cm³/mol. The van der Waals surface area contributed by atoms with Gasteiger partial charge in [-0.05, 0) is 40.5 Å². The Morgan fingerprint density at radius 2 is 1.89 bits per heavy atom. The third-order valence-electron chi connectivity index (χ3n) is 5.68. The smallest absolute Gasteiger partial charge is 0.449 e. The average molecular weight is 527 g/mol. The molecule has 0 saturated carbocycles. The van der Waals surface area contributed by atoms with Crippen LogP contribution in [-0.4, -0.2) is 26.7 Å². The number of hydrogen-bond acceptors (Lipinski definition) is 6. The summed E-state index contributed by atoms with van der Waals surface area (Å²) in [4.78, 5) is 22.6. The molecule has 0 spiro atoms. The monoisotopic (exact) mass is 526 g/mol. The van der Waals surface area contributed by atoms with Gasteiger partial charge in [-0.2, -0.15) is 0 Å². The van der Waals surface area contributed by atoms with Gasteiger partial charge in [0.05, 0.1) is 5.71 Å². The number of nitrogens with zero attached hydrogens (tertiary/aromatic N) is 2. The Morgan fingerprint density at radius 1 is 1.14 bits per heavy atom. The molecule has 10 heteroatoms. The molecule has 4 rings (SSSR count). The number of pyridine rings is 1. The van der Waals surface area contributed by atoms with Gasteiger partial charge in [0.25, 0.3) is 0 Å². The van der Waals surface area contributed by atoms with Crippen LogP contribution in [0.3, 0.4) is 0 Å². The lowest BCUT2D eigenvalue weighted by Gasteiger charge is -2.20. The molecule has 2 heterocycles. The third-order valence-corrected chi connectivity index (χ3v) is 6.73. The van der Waals surface area contributed by atoms with Crippen LogP contribution in [0.1, 0.15) is 29.0 Å². The quantitative estimate of drug-likeness (QED) is 0.126. The average Bonchev–Trinajstić information content (AvgIpc) is 3.30. The standard InChI is InChI=1S/C26H20ClFN2O5S/c1-30-13-17(6-9-24(30)31)23(29-34)12-21(20-8-7-19(27)11-22(20)28)16-4-2-15(3-5-16)18-10-25(36-14-18)35-26(32)33/h2-11,13-14,21,34H,12H2,1H3,(H,32,33)/b29-23+/t21-/m0/s1. The summed E-state index contributed by atoms with van der Waals surface area (Å²) in [5, 5.41) is 24.3. The van der Waals surface area contributed by atoms with Crippen LogP contribution in [0.2, 0.25) is 5.02 Å². The highest BCUT2D eigenvalue weighted by Gasteiger charge is 2.22. The number of carbonyl (C=O) groups is 1. The molecule has 0 aliphatic carbocycles. The van der Waals surface area contributed by atoms with E-state index in [1.807, 2.05) is 24.3 Å². The second-order valence-corrected chi connectivity index (χ2v) is 9.29. The molecule has 36 heavy (non-hydrogen) atoms. The second kappa shape index (κ2) is 10.8. The largest absolute Gasteiger partial charge is 0.512 e. The molecule has 0 aliphatic heterocycles. The number of aryl methyl sites for hydroxylation is 1. The van der Waals surface area contributed by atoms with Gasteiger partial charge in [-0.1, -0.05) is 47.1 Å². The van der Waals surface area contributed by atoms with Gasteiger partial charge in [-0.25, -0.2) is 9.18 Å². The van der Waals surface area contributed by atoms with Crippen molar-refractivity contribution in [3.8, 4) is 16.2 Å². The van der Waals surface area contributed by atoms with Crippen LogP contribution in [0.15, 0.2) is 82.2 Å². The molecule has 0 fully saturated rings. The Morgan fingerprint density at radius 3 is 2.53 bits per heavy atom. The van der Waals surface area contributed by atoms with Crippen molar-refractivity contribution in [2.24, 2.45) is 12.2 Å². The van der Waals surface area contributed by atoms with Gasteiger partial charge in [-0.15, -0.1) is 11.3 Å². The highest BCUT2D eigenvalue weighted by molar-refractivity contribution is 7.12. The lowest BCUT2D eigenvalue weighted by molar-refractivity contribution is 0.146. The van der Waals surface area contributed by atoms with Crippen LogP contribution in [0.25, 0.3) is 11.1 Å². The van der Waals surface area contributed by atoms with Crippen molar-refractivity contribution in [3.05, 3.63) is 110 Å². The third kappa shape index (κ3) is 5.64. The molecule has 0 aliphatic rings. The van der Waals surface area contributed by atoms with Crippen LogP contribution in [-0.2, 0) is 7.05 Å². The summed E-state index contributed by atoms with van der Waals surface area (Å²) in [6, 6.07) is 16.3. The van der Waals surface area contributed by atoms with Gasteiger partial charge in [-0.3, -0.25) is 4.79 Å². The molecule has 0 radical (unpaired) electrons. The number of rotatable bonds is 7. The van der Waals surface area contributed by atoms with Crippen LogP contribution >= 0.6 is 22.9 Å². The molecule has 0 unspecified atom stereocenters. The maximum Gasteiger partial charge on any atom is 0.512 e. The topological polar surface area (TPSA) is 101 Å². The number of aromatic nitrogens is 1. The molecule has 0 bridgehead atoms. The Bertz CT molecular complexity index is 1500. The SMILES string of the molecule is Cn1cc(/C(C[C@@H](c2ccc(-c3csc(OC(=O)O)c3)cc2)c2ccc(Cl)cc2F)=N/O)ccc1=O. The number of hydrogen-bond donors (Lipinski definition) is 2. The number of thiophene rings is 1. The summed E-state index contributed by atoms with van der Waals surface area (Å²) in [6.45, 7) is 0. The van der Waals surface area contributed by atoms with E-state index in [1.54, 1.807) is 42.9 Å². The Labute approximate surface area is 214 Å². The number of ether oxygens (including phenoxy) is 1. The van der Waals surface area contributed by atoms with Crippen LogP contribution in [0.5, 0.6) is 5.06 Å². The Kier molecular flexibility index (Phi) is 7.52. The fraction of sp³-hybridized carbons (Fsp3) is 0.115. The fourth-order valence-corrected chi connectivity index (χ4v) is 4.80.